The lowest BCUT2D eigenvalue weighted by atomic mass is 10.2. The Labute approximate surface area is 143 Å². The maximum atomic E-state index is 13.6. The average Bonchev–Trinajstić information content (AvgIpc) is 2.36. The van der Waals surface area contributed by atoms with E-state index in [1.54, 1.807) is 6.07 Å². The number of hydrogen-bond donors (Lipinski definition) is 2. The smallest absolute Gasteiger partial charge is 0.272 e. The highest BCUT2D eigenvalue weighted by molar-refractivity contribution is 9.10. The van der Waals surface area contributed by atoms with Gasteiger partial charge in [-0.2, -0.15) is 0 Å². The maximum Gasteiger partial charge on any atom is 0.272 e. The van der Waals surface area contributed by atoms with Crippen LogP contribution in [0.3, 0.4) is 0 Å². The molecule has 3 nitrogen and oxygen atoms in total. The van der Waals surface area contributed by atoms with Gasteiger partial charge in [-0.3, -0.25) is 15.6 Å². The first-order valence-electron chi connectivity index (χ1n) is 5.54. The van der Waals surface area contributed by atoms with Gasteiger partial charge < -0.3 is 0 Å². The van der Waals surface area contributed by atoms with Crippen molar-refractivity contribution >= 4 is 62.3 Å². The van der Waals surface area contributed by atoms with Gasteiger partial charge in [-0.05, 0) is 30.3 Å². The molecule has 1 amide bonds. The van der Waals surface area contributed by atoms with E-state index in [1.807, 2.05) is 0 Å². The number of anilines is 1. The molecule has 2 rings (SSSR count). The van der Waals surface area contributed by atoms with Crippen LogP contribution in [0.4, 0.5) is 10.1 Å². The highest BCUT2D eigenvalue weighted by Crippen LogP contribution is 2.33. The average molecular weight is 412 g/mol. The Hall–Kier alpha value is -1.01. The first-order chi connectivity index (χ1) is 9.88. The van der Waals surface area contributed by atoms with Gasteiger partial charge >= 0.3 is 0 Å². The minimum absolute atomic E-state index is 0.119. The fourth-order valence-electron chi connectivity index (χ4n) is 1.52. The molecule has 2 aromatic rings. The van der Waals surface area contributed by atoms with Gasteiger partial charge in [-0.15, -0.1) is 0 Å². The van der Waals surface area contributed by atoms with Crippen LogP contribution in [0.15, 0.2) is 34.8 Å². The van der Waals surface area contributed by atoms with Gasteiger partial charge in [0.05, 0.1) is 21.3 Å². The van der Waals surface area contributed by atoms with Crippen molar-refractivity contribution < 1.29 is 9.18 Å². The second-order valence-corrected chi connectivity index (χ2v) is 6.11. The first-order valence-corrected chi connectivity index (χ1v) is 7.47. The lowest BCUT2D eigenvalue weighted by molar-refractivity contribution is 0.0958. The molecule has 0 spiro atoms. The SMILES string of the molecule is O=C(NNc1c(Cl)cc(Cl)cc1Cl)c1ccc(Br)cc1F. The van der Waals surface area contributed by atoms with Gasteiger partial charge in [0.1, 0.15) is 5.82 Å². The topological polar surface area (TPSA) is 41.1 Å². The zero-order chi connectivity index (χ0) is 15.6. The van der Waals surface area contributed by atoms with E-state index in [0.717, 1.165) is 0 Å². The van der Waals surface area contributed by atoms with E-state index in [4.69, 9.17) is 34.8 Å². The van der Waals surface area contributed by atoms with E-state index in [-0.39, 0.29) is 21.3 Å². The molecule has 110 valence electrons. The van der Waals surface area contributed by atoms with Gasteiger partial charge in [0.15, 0.2) is 0 Å². The molecule has 0 radical (unpaired) electrons. The van der Waals surface area contributed by atoms with Crippen molar-refractivity contribution in [1.82, 2.24) is 5.43 Å². The van der Waals surface area contributed by atoms with Crippen LogP contribution >= 0.6 is 50.7 Å². The highest BCUT2D eigenvalue weighted by atomic mass is 79.9. The largest absolute Gasteiger partial charge is 0.295 e. The summed E-state index contributed by atoms with van der Waals surface area (Å²) < 4.78 is 14.2. The van der Waals surface area contributed by atoms with E-state index in [9.17, 15) is 9.18 Å². The van der Waals surface area contributed by atoms with Crippen molar-refractivity contribution in [1.29, 1.82) is 0 Å². The van der Waals surface area contributed by atoms with Gasteiger partial charge in [0.2, 0.25) is 0 Å². The van der Waals surface area contributed by atoms with Crippen molar-refractivity contribution in [2.24, 2.45) is 0 Å². The van der Waals surface area contributed by atoms with Crippen molar-refractivity contribution in [3.63, 3.8) is 0 Å². The molecule has 0 bridgehead atoms. The van der Waals surface area contributed by atoms with Gasteiger partial charge in [-0.1, -0.05) is 50.7 Å². The summed E-state index contributed by atoms with van der Waals surface area (Å²) in [4.78, 5) is 11.9. The lowest BCUT2D eigenvalue weighted by Gasteiger charge is -2.12. The quantitative estimate of drug-likeness (QED) is 0.672. The van der Waals surface area contributed by atoms with E-state index in [2.05, 4.69) is 26.8 Å². The third-order valence-corrected chi connectivity index (χ3v) is 3.79. The fraction of sp³-hybridized carbons (Fsp3) is 0. The Morgan fingerprint density at radius 3 is 2.29 bits per heavy atom. The summed E-state index contributed by atoms with van der Waals surface area (Å²) in [5.74, 6) is -1.32. The van der Waals surface area contributed by atoms with Crippen molar-refractivity contribution in [3.8, 4) is 0 Å². The standard InChI is InChI=1S/C13H7BrCl3FN2O/c14-6-1-2-8(11(18)3-6)13(21)20-19-12-9(16)4-7(15)5-10(12)17/h1-5,19H,(H,20,21). The molecule has 0 atom stereocenters. The molecule has 0 saturated heterocycles. The molecule has 2 aromatic carbocycles. The molecule has 0 fully saturated rings. The number of carbonyl (C=O) groups is 1. The number of halogens is 5. The minimum atomic E-state index is -0.665. The first kappa shape index (κ1) is 16.4. The highest BCUT2D eigenvalue weighted by Gasteiger charge is 2.13. The van der Waals surface area contributed by atoms with Crippen LogP contribution in [-0.2, 0) is 0 Å². The third kappa shape index (κ3) is 4.01. The Kier molecular flexibility index (Phi) is 5.32. The zero-order valence-corrected chi connectivity index (χ0v) is 14.0. The van der Waals surface area contributed by atoms with Crippen LogP contribution in [0.5, 0.6) is 0 Å². The molecule has 0 aliphatic rings. The summed E-state index contributed by atoms with van der Waals surface area (Å²) >= 11 is 20.8. The second kappa shape index (κ2) is 6.83. The molecule has 0 heterocycles. The number of benzene rings is 2. The molecule has 0 aromatic heterocycles. The predicted molar refractivity (Wildman–Crippen MR) is 86.7 cm³/mol. The summed E-state index contributed by atoms with van der Waals surface area (Å²) in [7, 11) is 0. The Bertz CT molecular complexity index is 689. The van der Waals surface area contributed by atoms with Crippen LogP contribution < -0.4 is 10.9 Å². The summed E-state index contributed by atoms with van der Waals surface area (Å²) in [5, 5.41) is 0.814. The van der Waals surface area contributed by atoms with E-state index in [1.165, 1.54) is 24.3 Å². The van der Waals surface area contributed by atoms with Gasteiger partial charge in [0.25, 0.3) is 5.91 Å². The Morgan fingerprint density at radius 2 is 1.71 bits per heavy atom. The maximum absolute atomic E-state index is 13.6. The minimum Gasteiger partial charge on any atom is -0.295 e. The molecular weight excluding hydrogens is 405 g/mol. The second-order valence-electron chi connectivity index (χ2n) is 3.95. The van der Waals surface area contributed by atoms with Gasteiger partial charge in [-0.25, -0.2) is 4.39 Å². The summed E-state index contributed by atoms with van der Waals surface area (Å²) in [6.45, 7) is 0. The van der Waals surface area contributed by atoms with Crippen molar-refractivity contribution in [2.75, 3.05) is 5.43 Å². The number of hydrazine groups is 1. The fourth-order valence-corrected chi connectivity index (χ4v) is 2.77. The van der Waals surface area contributed by atoms with E-state index < -0.39 is 11.7 Å². The normalized spacial score (nSPS) is 10.3. The van der Waals surface area contributed by atoms with Crippen LogP contribution in [0.1, 0.15) is 10.4 Å². The summed E-state index contributed by atoms with van der Waals surface area (Å²) in [5.41, 5.74) is 5.02. The molecule has 0 saturated carbocycles. The van der Waals surface area contributed by atoms with E-state index in [0.29, 0.717) is 9.50 Å². The predicted octanol–water partition coefficient (Wildman–Crippen LogP) is 5.31. The molecule has 8 heteroatoms. The van der Waals surface area contributed by atoms with Crippen LogP contribution in [0, 0.1) is 5.82 Å². The van der Waals surface area contributed by atoms with Crippen molar-refractivity contribution in [3.05, 3.63) is 61.3 Å². The Morgan fingerprint density at radius 1 is 1.10 bits per heavy atom. The molecule has 0 unspecified atom stereocenters. The van der Waals surface area contributed by atoms with Crippen LogP contribution in [0.2, 0.25) is 15.1 Å². The number of nitrogens with one attached hydrogen (secondary N) is 2. The number of carbonyl (C=O) groups excluding carboxylic acids is 1. The molecule has 2 N–H and O–H groups in total. The van der Waals surface area contributed by atoms with E-state index >= 15 is 0 Å². The molecular formula is C13H7BrCl3FN2O. The zero-order valence-electron chi connectivity index (χ0n) is 10.2. The monoisotopic (exact) mass is 410 g/mol. The van der Waals surface area contributed by atoms with Gasteiger partial charge in [0, 0.05) is 9.50 Å². The number of amides is 1. The molecule has 21 heavy (non-hydrogen) atoms. The van der Waals surface area contributed by atoms with Crippen LogP contribution in [0.25, 0.3) is 0 Å². The Balaban J connectivity index is 2.15. The molecule has 0 aliphatic carbocycles. The number of rotatable bonds is 3. The third-order valence-electron chi connectivity index (χ3n) is 2.48. The summed E-state index contributed by atoms with van der Waals surface area (Å²) in [6, 6.07) is 7.02. The summed E-state index contributed by atoms with van der Waals surface area (Å²) in [6.07, 6.45) is 0. The number of hydrogen-bond acceptors (Lipinski definition) is 2. The van der Waals surface area contributed by atoms with Crippen LogP contribution in [-0.4, -0.2) is 5.91 Å². The van der Waals surface area contributed by atoms with Crippen molar-refractivity contribution in [2.45, 2.75) is 0 Å². The molecule has 0 aliphatic heterocycles. The lowest BCUT2D eigenvalue weighted by Crippen LogP contribution is -2.30.